The molecule has 0 radical (unpaired) electrons. The molecule has 1 fully saturated rings. The maximum Gasteiger partial charge on any atom is 0.226 e. The minimum Gasteiger partial charge on any atom is -0.344 e. The number of likely N-dealkylation sites (tertiary alicyclic amines) is 1. The lowest BCUT2D eigenvalue weighted by atomic mass is 10.1. The van der Waals surface area contributed by atoms with Gasteiger partial charge < -0.3 is 9.80 Å². The lowest BCUT2D eigenvalue weighted by Gasteiger charge is -2.28. The second-order valence-corrected chi connectivity index (χ2v) is 5.38. The molecule has 1 amide bonds. The van der Waals surface area contributed by atoms with Crippen molar-refractivity contribution in [2.45, 2.75) is 25.7 Å². The molecular formula is C16H24N2O. The predicted molar refractivity (Wildman–Crippen MR) is 78.1 cm³/mol. The zero-order valence-electron chi connectivity index (χ0n) is 11.8. The molecular weight excluding hydrogens is 236 g/mol. The van der Waals surface area contributed by atoms with Crippen molar-refractivity contribution in [2.75, 3.05) is 33.2 Å². The summed E-state index contributed by atoms with van der Waals surface area (Å²) in [5.41, 5.74) is 1.09. The van der Waals surface area contributed by atoms with E-state index in [0.29, 0.717) is 6.42 Å². The molecule has 0 N–H and O–H groups in total. The summed E-state index contributed by atoms with van der Waals surface area (Å²) in [4.78, 5) is 16.4. The smallest absolute Gasteiger partial charge is 0.226 e. The number of likely N-dealkylation sites (N-methyl/N-ethyl adjacent to an activating group) is 1. The maximum atomic E-state index is 12.1. The molecule has 104 valence electrons. The summed E-state index contributed by atoms with van der Waals surface area (Å²) in [7, 11) is 1.91. The van der Waals surface area contributed by atoms with Crippen molar-refractivity contribution in [1.82, 2.24) is 9.80 Å². The Morgan fingerprint density at radius 3 is 2.53 bits per heavy atom. The normalized spacial score (nSPS) is 16.3. The van der Waals surface area contributed by atoms with E-state index in [2.05, 4.69) is 4.90 Å². The standard InChI is InChI=1S/C16H24N2O/c1-17(12-13-18-10-6-3-7-11-18)16(19)14-15-8-4-2-5-9-15/h2,4-5,8-9H,3,6-7,10-14H2,1H3. The van der Waals surface area contributed by atoms with Crippen molar-refractivity contribution in [3.63, 3.8) is 0 Å². The van der Waals surface area contributed by atoms with Crippen LogP contribution < -0.4 is 0 Å². The number of piperidine rings is 1. The van der Waals surface area contributed by atoms with Crippen molar-refractivity contribution in [2.24, 2.45) is 0 Å². The Kier molecular flexibility index (Phi) is 5.40. The number of nitrogens with zero attached hydrogens (tertiary/aromatic N) is 2. The molecule has 0 aromatic heterocycles. The van der Waals surface area contributed by atoms with Crippen molar-refractivity contribution < 1.29 is 4.79 Å². The Labute approximate surface area is 116 Å². The Balaban J connectivity index is 1.73. The van der Waals surface area contributed by atoms with E-state index in [-0.39, 0.29) is 5.91 Å². The summed E-state index contributed by atoms with van der Waals surface area (Å²) in [6, 6.07) is 9.97. The van der Waals surface area contributed by atoms with Gasteiger partial charge in [0.25, 0.3) is 0 Å². The Morgan fingerprint density at radius 1 is 1.16 bits per heavy atom. The van der Waals surface area contributed by atoms with E-state index in [1.54, 1.807) is 0 Å². The third-order valence-corrected chi connectivity index (χ3v) is 3.82. The summed E-state index contributed by atoms with van der Waals surface area (Å²) >= 11 is 0. The quantitative estimate of drug-likeness (QED) is 0.810. The SMILES string of the molecule is CN(CCN1CCCCC1)C(=O)Cc1ccccc1. The number of rotatable bonds is 5. The van der Waals surface area contributed by atoms with Gasteiger partial charge in [-0.1, -0.05) is 36.8 Å². The number of hydrogen-bond donors (Lipinski definition) is 0. The molecule has 1 heterocycles. The maximum absolute atomic E-state index is 12.1. The summed E-state index contributed by atoms with van der Waals surface area (Å²) in [6.45, 7) is 4.24. The number of carbonyl (C=O) groups is 1. The van der Waals surface area contributed by atoms with E-state index < -0.39 is 0 Å². The summed E-state index contributed by atoms with van der Waals surface area (Å²) < 4.78 is 0. The van der Waals surface area contributed by atoms with Gasteiger partial charge >= 0.3 is 0 Å². The Hall–Kier alpha value is -1.35. The largest absolute Gasteiger partial charge is 0.344 e. The molecule has 3 nitrogen and oxygen atoms in total. The van der Waals surface area contributed by atoms with Gasteiger partial charge in [-0.3, -0.25) is 4.79 Å². The molecule has 1 aromatic carbocycles. The van der Waals surface area contributed by atoms with Crippen LogP contribution in [0.25, 0.3) is 0 Å². The van der Waals surface area contributed by atoms with Crippen molar-refractivity contribution in [3.05, 3.63) is 35.9 Å². The minimum atomic E-state index is 0.211. The van der Waals surface area contributed by atoms with Crippen LogP contribution in [0.15, 0.2) is 30.3 Å². The fourth-order valence-electron chi connectivity index (χ4n) is 2.50. The molecule has 1 aliphatic heterocycles. The van der Waals surface area contributed by atoms with Crippen LogP contribution in [0.3, 0.4) is 0 Å². The molecule has 1 saturated heterocycles. The highest BCUT2D eigenvalue weighted by molar-refractivity contribution is 5.78. The number of carbonyl (C=O) groups excluding carboxylic acids is 1. The molecule has 1 aliphatic rings. The van der Waals surface area contributed by atoms with E-state index >= 15 is 0 Å². The van der Waals surface area contributed by atoms with Gasteiger partial charge in [-0.25, -0.2) is 0 Å². The van der Waals surface area contributed by atoms with Crippen LogP contribution in [0.5, 0.6) is 0 Å². The van der Waals surface area contributed by atoms with Gasteiger partial charge in [0.2, 0.25) is 5.91 Å². The average molecular weight is 260 g/mol. The zero-order chi connectivity index (χ0) is 13.5. The van der Waals surface area contributed by atoms with Gasteiger partial charge in [0.15, 0.2) is 0 Å². The van der Waals surface area contributed by atoms with Crippen LogP contribution in [0.4, 0.5) is 0 Å². The van der Waals surface area contributed by atoms with E-state index in [1.165, 1.54) is 32.4 Å². The second kappa shape index (κ2) is 7.29. The number of amides is 1. The molecule has 0 unspecified atom stereocenters. The van der Waals surface area contributed by atoms with E-state index in [1.807, 2.05) is 42.3 Å². The highest BCUT2D eigenvalue weighted by atomic mass is 16.2. The molecule has 19 heavy (non-hydrogen) atoms. The number of hydrogen-bond acceptors (Lipinski definition) is 2. The molecule has 0 atom stereocenters. The molecule has 0 aliphatic carbocycles. The fraction of sp³-hybridized carbons (Fsp3) is 0.562. The summed E-state index contributed by atoms with van der Waals surface area (Å²) in [5.74, 6) is 0.211. The molecule has 0 bridgehead atoms. The fourth-order valence-corrected chi connectivity index (χ4v) is 2.50. The van der Waals surface area contributed by atoms with Crippen LogP contribution in [-0.4, -0.2) is 48.9 Å². The first kappa shape index (κ1) is 14.1. The van der Waals surface area contributed by atoms with Crippen molar-refractivity contribution >= 4 is 5.91 Å². The van der Waals surface area contributed by atoms with Crippen LogP contribution in [0.2, 0.25) is 0 Å². The average Bonchev–Trinajstić information content (AvgIpc) is 2.47. The predicted octanol–water partition coefficient (Wildman–Crippen LogP) is 2.17. The van der Waals surface area contributed by atoms with Gasteiger partial charge in [0, 0.05) is 20.1 Å². The van der Waals surface area contributed by atoms with Gasteiger partial charge in [0.1, 0.15) is 0 Å². The van der Waals surface area contributed by atoms with Gasteiger partial charge in [-0.2, -0.15) is 0 Å². The minimum absolute atomic E-state index is 0.211. The Morgan fingerprint density at radius 2 is 1.84 bits per heavy atom. The van der Waals surface area contributed by atoms with Gasteiger partial charge in [-0.05, 0) is 31.5 Å². The van der Waals surface area contributed by atoms with E-state index in [9.17, 15) is 4.79 Å². The summed E-state index contributed by atoms with van der Waals surface area (Å²) in [6.07, 6.45) is 4.49. The molecule has 3 heteroatoms. The second-order valence-electron chi connectivity index (χ2n) is 5.38. The van der Waals surface area contributed by atoms with Crippen molar-refractivity contribution in [1.29, 1.82) is 0 Å². The zero-order valence-corrected chi connectivity index (χ0v) is 11.8. The third kappa shape index (κ3) is 4.67. The Bertz CT molecular complexity index is 385. The molecule has 2 rings (SSSR count). The van der Waals surface area contributed by atoms with Crippen LogP contribution in [0.1, 0.15) is 24.8 Å². The van der Waals surface area contributed by atoms with Crippen LogP contribution in [0, 0.1) is 0 Å². The van der Waals surface area contributed by atoms with Gasteiger partial charge in [-0.15, -0.1) is 0 Å². The highest BCUT2D eigenvalue weighted by Gasteiger charge is 2.13. The first-order chi connectivity index (χ1) is 9.25. The van der Waals surface area contributed by atoms with Gasteiger partial charge in [0.05, 0.1) is 6.42 Å². The topological polar surface area (TPSA) is 23.6 Å². The van der Waals surface area contributed by atoms with E-state index in [4.69, 9.17) is 0 Å². The first-order valence-electron chi connectivity index (χ1n) is 7.26. The molecule has 0 spiro atoms. The molecule has 0 saturated carbocycles. The first-order valence-corrected chi connectivity index (χ1v) is 7.26. The van der Waals surface area contributed by atoms with Crippen LogP contribution >= 0.6 is 0 Å². The monoisotopic (exact) mass is 260 g/mol. The van der Waals surface area contributed by atoms with E-state index in [0.717, 1.165) is 18.7 Å². The van der Waals surface area contributed by atoms with Crippen LogP contribution in [-0.2, 0) is 11.2 Å². The lowest BCUT2D eigenvalue weighted by Crippen LogP contribution is -2.39. The highest BCUT2D eigenvalue weighted by Crippen LogP contribution is 2.08. The van der Waals surface area contributed by atoms with Crippen molar-refractivity contribution in [3.8, 4) is 0 Å². The number of benzene rings is 1. The molecule has 1 aromatic rings. The lowest BCUT2D eigenvalue weighted by molar-refractivity contribution is -0.129. The third-order valence-electron chi connectivity index (χ3n) is 3.82. The summed E-state index contributed by atoms with van der Waals surface area (Å²) in [5, 5.41) is 0.